The number of hydrogen-bond donors (Lipinski definition) is 0. The van der Waals surface area contributed by atoms with Crippen LogP contribution in [0.2, 0.25) is 0 Å². The van der Waals surface area contributed by atoms with Gasteiger partial charge in [-0.25, -0.2) is 0 Å². The number of nitrogens with zero attached hydrogens (tertiary/aromatic N) is 1. The van der Waals surface area contributed by atoms with E-state index in [-0.39, 0.29) is 0 Å². The van der Waals surface area contributed by atoms with Crippen LogP contribution in [0, 0.1) is 0 Å². The molecule has 118 valence electrons. The average Bonchev–Trinajstić information content (AvgIpc) is 2.61. The van der Waals surface area contributed by atoms with Crippen LogP contribution in [-0.2, 0) is 6.42 Å². The van der Waals surface area contributed by atoms with Crippen molar-refractivity contribution in [2.24, 2.45) is 4.99 Å². The number of benzene rings is 2. The van der Waals surface area contributed by atoms with Crippen LogP contribution in [0.25, 0.3) is 5.03 Å². The third kappa shape index (κ3) is 3.25. The third-order valence-electron chi connectivity index (χ3n) is 3.94. The topological polar surface area (TPSA) is 30.8 Å². The molecular formula is C19H18ClNO2. The highest BCUT2D eigenvalue weighted by Crippen LogP contribution is 2.35. The lowest BCUT2D eigenvalue weighted by Crippen LogP contribution is -2.03. The first-order valence-corrected chi connectivity index (χ1v) is 7.83. The van der Waals surface area contributed by atoms with E-state index in [4.69, 9.17) is 21.1 Å². The number of methoxy groups -OCH3 is 2. The molecule has 0 unspecified atom stereocenters. The molecule has 0 saturated heterocycles. The second-order valence-corrected chi connectivity index (χ2v) is 5.67. The molecule has 0 aliphatic heterocycles. The smallest absolute Gasteiger partial charge is 0.144 e. The first kappa shape index (κ1) is 15.6. The van der Waals surface area contributed by atoms with Gasteiger partial charge in [0, 0.05) is 12.3 Å². The largest absolute Gasteiger partial charge is 0.497 e. The van der Waals surface area contributed by atoms with Crippen LogP contribution in [0.15, 0.2) is 53.0 Å². The number of allylic oxidation sites excluding steroid dienone is 1. The molecular weight excluding hydrogens is 310 g/mol. The highest BCUT2D eigenvalue weighted by atomic mass is 35.5. The Labute approximate surface area is 141 Å². The lowest BCUT2D eigenvalue weighted by Gasteiger charge is -2.17. The van der Waals surface area contributed by atoms with Gasteiger partial charge in [0.25, 0.3) is 0 Å². The minimum absolute atomic E-state index is 0.704. The first-order valence-electron chi connectivity index (χ1n) is 7.46. The summed E-state index contributed by atoms with van der Waals surface area (Å²) in [6.07, 6.45) is 3.68. The summed E-state index contributed by atoms with van der Waals surface area (Å²) in [6, 6.07) is 13.8. The van der Waals surface area contributed by atoms with Crippen LogP contribution in [-0.4, -0.2) is 20.4 Å². The van der Waals surface area contributed by atoms with Crippen molar-refractivity contribution in [2.75, 3.05) is 14.2 Å². The predicted octanol–water partition coefficient (Wildman–Crippen LogP) is 5.00. The Bertz CT molecular complexity index is 781. The monoisotopic (exact) mass is 327 g/mol. The second-order valence-electron chi connectivity index (χ2n) is 5.29. The lowest BCUT2D eigenvalue weighted by atomic mass is 9.92. The number of ether oxygens (including phenoxy) is 2. The molecule has 0 N–H and O–H groups in total. The van der Waals surface area contributed by atoms with Crippen molar-refractivity contribution in [3.8, 4) is 11.5 Å². The molecule has 3 rings (SSSR count). The first-order chi connectivity index (χ1) is 11.2. The minimum atomic E-state index is 0.704. The molecule has 0 bridgehead atoms. The van der Waals surface area contributed by atoms with E-state index in [0.29, 0.717) is 5.75 Å². The molecule has 3 nitrogen and oxygen atoms in total. The molecule has 2 aromatic rings. The van der Waals surface area contributed by atoms with Gasteiger partial charge in [0.05, 0.1) is 19.3 Å². The van der Waals surface area contributed by atoms with Gasteiger partial charge in [-0.3, -0.25) is 4.99 Å². The van der Waals surface area contributed by atoms with E-state index in [0.717, 1.165) is 40.4 Å². The molecule has 4 heteroatoms. The normalized spacial score (nSPS) is 14.0. The van der Waals surface area contributed by atoms with Crippen molar-refractivity contribution < 1.29 is 9.47 Å². The Morgan fingerprint density at radius 1 is 1.04 bits per heavy atom. The van der Waals surface area contributed by atoms with E-state index in [1.54, 1.807) is 14.2 Å². The van der Waals surface area contributed by atoms with E-state index in [2.05, 4.69) is 17.1 Å². The second kappa shape index (κ2) is 6.88. The van der Waals surface area contributed by atoms with Crippen LogP contribution in [0.3, 0.4) is 0 Å². The highest BCUT2D eigenvalue weighted by molar-refractivity contribution is 6.51. The van der Waals surface area contributed by atoms with Crippen molar-refractivity contribution in [1.29, 1.82) is 0 Å². The lowest BCUT2D eigenvalue weighted by molar-refractivity contribution is 0.404. The maximum absolute atomic E-state index is 6.54. The quantitative estimate of drug-likeness (QED) is 0.740. The number of hydrogen-bond acceptors (Lipinski definition) is 3. The fourth-order valence-corrected chi connectivity index (χ4v) is 3.00. The Morgan fingerprint density at radius 3 is 2.65 bits per heavy atom. The summed E-state index contributed by atoms with van der Waals surface area (Å²) in [5.41, 5.74) is 4.14. The Hall–Kier alpha value is -2.26. The van der Waals surface area contributed by atoms with Gasteiger partial charge in [-0.15, -0.1) is 0 Å². The maximum Gasteiger partial charge on any atom is 0.144 e. The summed E-state index contributed by atoms with van der Waals surface area (Å²) in [5.74, 6) is 1.45. The molecule has 23 heavy (non-hydrogen) atoms. The zero-order valence-corrected chi connectivity index (χ0v) is 13.9. The predicted molar refractivity (Wildman–Crippen MR) is 95.2 cm³/mol. The van der Waals surface area contributed by atoms with Crippen molar-refractivity contribution >= 4 is 28.5 Å². The van der Waals surface area contributed by atoms with Crippen molar-refractivity contribution in [3.05, 3.63) is 59.2 Å². The highest BCUT2D eigenvalue weighted by Gasteiger charge is 2.16. The van der Waals surface area contributed by atoms with E-state index in [9.17, 15) is 0 Å². The fraction of sp³-hybridized carbons (Fsp3) is 0.211. The van der Waals surface area contributed by atoms with Gasteiger partial charge in [0.1, 0.15) is 17.2 Å². The van der Waals surface area contributed by atoms with Crippen LogP contribution in [0.1, 0.15) is 17.5 Å². The summed E-state index contributed by atoms with van der Waals surface area (Å²) < 4.78 is 10.6. The van der Waals surface area contributed by atoms with Crippen molar-refractivity contribution in [1.82, 2.24) is 0 Å². The van der Waals surface area contributed by atoms with Crippen LogP contribution < -0.4 is 9.47 Å². The SMILES string of the molecule is COc1ccc(OC)c(N=CC2=C(Cl)c3ccccc3CC2)c1. The summed E-state index contributed by atoms with van der Waals surface area (Å²) in [4.78, 5) is 4.56. The zero-order valence-electron chi connectivity index (χ0n) is 13.2. The Morgan fingerprint density at radius 2 is 1.87 bits per heavy atom. The van der Waals surface area contributed by atoms with E-state index in [1.165, 1.54) is 5.56 Å². The molecule has 0 radical (unpaired) electrons. The van der Waals surface area contributed by atoms with Gasteiger partial charge in [-0.05, 0) is 41.7 Å². The standard InChI is InChI=1S/C19H18ClNO2/c1-22-15-9-10-18(23-2)17(11-15)21-12-14-8-7-13-5-3-4-6-16(13)19(14)20/h3-6,9-12H,7-8H2,1-2H3. The van der Waals surface area contributed by atoms with Gasteiger partial charge >= 0.3 is 0 Å². The number of rotatable bonds is 4. The molecule has 0 spiro atoms. The fourth-order valence-electron chi connectivity index (χ4n) is 2.67. The molecule has 0 aromatic heterocycles. The number of fused-ring (bicyclic) bond motifs is 1. The Balaban J connectivity index is 1.95. The van der Waals surface area contributed by atoms with E-state index < -0.39 is 0 Å². The molecule has 2 aromatic carbocycles. The van der Waals surface area contributed by atoms with E-state index in [1.807, 2.05) is 36.5 Å². The van der Waals surface area contributed by atoms with Crippen LogP contribution in [0.4, 0.5) is 5.69 Å². The summed E-state index contributed by atoms with van der Waals surface area (Å²) in [7, 11) is 3.26. The summed E-state index contributed by atoms with van der Waals surface area (Å²) >= 11 is 6.54. The molecule has 0 amide bonds. The maximum atomic E-state index is 6.54. The molecule has 0 fully saturated rings. The molecule has 1 aliphatic rings. The van der Waals surface area contributed by atoms with Gasteiger partial charge < -0.3 is 9.47 Å². The molecule has 1 aliphatic carbocycles. The van der Waals surface area contributed by atoms with Crippen molar-refractivity contribution in [2.45, 2.75) is 12.8 Å². The van der Waals surface area contributed by atoms with Gasteiger partial charge in [0.15, 0.2) is 0 Å². The summed E-state index contributed by atoms with van der Waals surface area (Å²) in [6.45, 7) is 0. The number of aliphatic imine (C=N–C) groups is 1. The van der Waals surface area contributed by atoms with Gasteiger partial charge in [0.2, 0.25) is 0 Å². The summed E-state index contributed by atoms with van der Waals surface area (Å²) in [5, 5.41) is 0.775. The average molecular weight is 328 g/mol. The molecule has 0 atom stereocenters. The number of aryl methyl sites for hydroxylation is 1. The van der Waals surface area contributed by atoms with E-state index >= 15 is 0 Å². The number of halogens is 1. The minimum Gasteiger partial charge on any atom is -0.497 e. The molecule has 0 heterocycles. The third-order valence-corrected chi connectivity index (χ3v) is 4.39. The van der Waals surface area contributed by atoms with Crippen molar-refractivity contribution in [3.63, 3.8) is 0 Å². The van der Waals surface area contributed by atoms with Gasteiger partial charge in [-0.1, -0.05) is 35.9 Å². The zero-order chi connectivity index (χ0) is 16.2. The van der Waals surface area contributed by atoms with Crippen LogP contribution >= 0.6 is 11.6 Å². The van der Waals surface area contributed by atoms with Gasteiger partial charge in [-0.2, -0.15) is 0 Å². The van der Waals surface area contributed by atoms with Crippen LogP contribution in [0.5, 0.6) is 11.5 Å². The Kier molecular flexibility index (Phi) is 4.68. The molecule has 0 saturated carbocycles.